The first-order valence-electron chi connectivity index (χ1n) is 10.5. The van der Waals surface area contributed by atoms with Crippen LogP contribution in [0, 0.1) is 13.8 Å². The molecule has 0 bridgehead atoms. The van der Waals surface area contributed by atoms with Gasteiger partial charge in [0.25, 0.3) is 0 Å². The summed E-state index contributed by atoms with van der Waals surface area (Å²) in [4.78, 5) is 39.8. The van der Waals surface area contributed by atoms with Gasteiger partial charge in [0.05, 0.1) is 13.2 Å². The Morgan fingerprint density at radius 2 is 1.73 bits per heavy atom. The van der Waals surface area contributed by atoms with Gasteiger partial charge < -0.3 is 24.3 Å². The standard InChI is InChI=1S/C22H37N3O5/c1-9-29-13-11-12-25(21(28)23-22(5,6)7)14-17(26)18-15(3)19(20(27)30-10-2)24(8)16(18)4/h9-14H2,1-8H3,(H,23,28). The lowest BCUT2D eigenvalue weighted by Crippen LogP contribution is -2.50. The molecule has 1 rings (SSSR count). The molecule has 0 fully saturated rings. The lowest BCUT2D eigenvalue weighted by molar-refractivity contribution is 0.0514. The molecule has 0 aliphatic carbocycles. The molecule has 0 radical (unpaired) electrons. The van der Waals surface area contributed by atoms with E-state index in [1.165, 1.54) is 4.90 Å². The summed E-state index contributed by atoms with van der Waals surface area (Å²) in [6, 6.07) is -0.302. The molecule has 0 aliphatic heterocycles. The monoisotopic (exact) mass is 423 g/mol. The van der Waals surface area contributed by atoms with Gasteiger partial charge in [-0.3, -0.25) is 4.79 Å². The summed E-state index contributed by atoms with van der Waals surface area (Å²) in [6.45, 7) is 14.5. The Morgan fingerprint density at radius 3 is 2.27 bits per heavy atom. The molecular formula is C22H37N3O5. The van der Waals surface area contributed by atoms with Crippen molar-refractivity contribution in [1.82, 2.24) is 14.8 Å². The molecule has 170 valence electrons. The van der Waals surface area contributed by atoms with Gasteiger partial charge in [-0.25, -0.2) is 9.59 Å². The van der Waals surface area contributed by atoms with Gasteiger partial charge in [0, 0.05) is 43.6 Å². The van der Waals surface area contributed by atoms with E-state index in [0.29, 0.717) is 48.7 Å². The maximum absolute atomic E-state index is 13.2. The maximum atomic E-state index is 13.2. The van der Waals surface area contributed by atoms with Crippen molar-refractivity contribution >= 4 is 17.8 Å². The van der Waals surface area contributed by atoms with E-state index in [-0.39, 0.29) is 25.0 Å². The third-order valence-electron chi connectivity index (χ3n) is 4.70. The smallest absolute Gasteiger partial charge is 0.355 e. The fourth-order valence-electron chi connectivity index (χ4n) is 3.28. The van der Waals surface area contributed by atoms with E-state index in [2.05, 4.69) is 5.32 Å². The number of hydrogen-bond donors (Lipinski definition) is 1. The van der Waals surface area contributed by atoms with Crippen LogP contribution < -0.4 is 5.32 Å². The molecule has 0 aromatic carbocycles. The summed E-state index contributed by atoms with van der Waals surface area (Å²) < 4.78 is 12.2. The molecule has 8 nitrogen and oxygen atoms in total. The Bertz CT molecular complexity index is 762. The zero-order valence-electron chi connectivity index (χ0n) is 19.7. The summed E-state index contributed by atoms with van der Waals surface area (Å²) in [5, 5.41) is 2.91. The van der Waals surface area contributed by atoms with Gasteiger partial charge in [0.15, 0.2) is 5.78 Å². The maximum Gasteiger partial charge on any atom is 0.355 e. The van der Waals surface area contributed by atoms with Gasteiger partial charge in [-0.05, 0) is 60.5 Å². The molecule has 30 heavy (non-hydrogen) atoms. The molecule has 1 N–H and O–H groups in total. The molecule has 0 saturated heterocycles. The van der Waals surface area contributed by atoms with E-state index in [1.54, 1.807) is 32.4 Å². The largest absolute Gasteiger partial charge is 0.461 e. The number of esters is 1. The van der Waals surface area contributed by atoms with Crippen molar-refractivity contribution in [3.05, 3.63) is 22.5 Å². The Morgan fingerprint density at radius 1 is 1.10 bits per heavy atom. The van der Waals surface area contributed by atoms with Gasteiger partial charge in [-0.15, -0.1) is 0 Å². The molecule has 8 heteroatoms. The highest BCUT2D eigenvalue weighted by atomic mass is 16.5. The van der Waals surface area contributed by atoms with E-state index >= 15 is 0 Å². The summed E-state index contributed by atoms with van der Waals surface area (Å²) in [5.41, 5.74) is 1.64. The number of amides is 2. The first-order valence-corrected chi connectivity index (χ1v) is 10.5. The number of carbonyl (C=O) groups is 3. The van der Waals surface area contributed by atoms with Gasteiger partial charge in [0.1, 0.15) is 5.69 Å². The summed E-state index contributed by atoms with van der Waals surface area (Å²) >= 11 is 0. The highest BCUT2D eigenvalue weighted by Crippen LogP contribution is 2.23. The second-order valence-corrected chi connectivity index (χ2v) is 8.29. The second kappa shape index (κ2) is 11.2. The average molecular weight is 424 g/mol. The quantitative estimate of drug-likeness (QED) is 0.354. The third kappa shape index (κ3) is 6.86. The summed E-state index contributed by atoms with van der Waals surface area (Å²) in [7, 11) is 1.73. The predicted molar refractivity (Wildman–Crippen MR) is 116 cm³/mol. The molecule has 2 amide bonds. The zero-order chi connectivity index (χ0) is 23.1. The Hall–Kier alpha value is -2.35. The normalized spacial score (nSPS) is 11.3. The number of nitrogens with zero attached hydrogens (tertiary/aromatic N) is 2. The number of hydrogen-bond acceptors (Lipinski definition) is 5. The number of aromatic nitrogens is 1. The molecule has 0 aliphatic rings. The minimum atomic E-state index is -0.460. The van der Waals surface area contributed by atoms with E-state index in [4.69, 9.17) is 9.47 Å². The number of carbonyl (C=O) groups excluding carboxylic acids is 3. The van der Waals surface area contributed by atoms with Gasteiger partial charge in [0.2, 0.25) is 0 Å². The van der Waals surface area contributed by atoms with E-state index in [1.807, 2.05) is 27.7 Å². The van der Waals surface area contributed by atoms with Crippen LogP contribution in [0.5, 0.6) is 0 Å². The van der Waals surface area contributed by atoms with Crippen LogP contribution in [0.3, 0.4) is 0 Å². The molecule has 0 saturated carbocycles. The van der Waals surface area contributed by atoms with Crippen molar-refractivity contribution in [2.75, 3.05) is 32.9 Å². The lowest BCUT2D eigenvalue weighted by atomic mass is 10.0. The number of Topliss-reactive ketones (excluding diaryl/α,β-unsaturated/α-hetero) is 1. The first-order chi connectivity index (χ1) is 13.9. The fourth-order valence-corrected chi connectivity index (χ4v) is 3.28. The molecular weight excluding hydrogens is 386 g/mol. The Kier molecular flexibility index (Phi) is 9.55. The van der Waals surface area contributed by atoms with Crippen molar-refractivity contribution in [3.8, 4) is 0 Å². The molecule has 1 aromatic rings. The van der Waals surface area contributed by atoms with Crippen LogP contribution in [-0.2, 0) is 16.5 Å². The summed E-state index contributed by atoms with van der Waals surface area (Å²) in [6.07, 6.45) is 0.625. The third-order valence-corrected chi connectivity index (χ3v) is 4.70. The highest BCUT2D eigenvalue weighted by Gasteiger charge is 2.28. The van der Waals surface area contributed by atoms with Crippen LogP contribution in [-0.4, -0.2) is 65.7 Å². The minimum Gasteiger partial charge on any atom is -0.461 e. The lowest BCUT2D eigenvalue weighted by Gasteiger charge is -2.28. The zero-order valence-corrected chi connectivity index (χ0v) is 19.7. The van der Waals surface area contributed by atoms with Crippen molar-refractivity contribution < 1.29 is 23.9 Å². The number of urea groups is 1. The molecule has 0 spiro atoms. The molecule has 1 aromatic heterocycles. The van der Waals surface area contributed by atoms with Crippen molar-refractivity contribution in [3.63, 3.8) is 0 Å². The fraction of sp³-hybridized carbons (Fsp3) is 0.682. The van der Waals surface area contributed by atoms with Crippen molar-refractivity contribution in [2.24, 2.45) is 7.05 Å². The highest BCUT2D eigenvalue weighted by molar-refractivity contribution is 6.04. The van der Waals surface area contributed by atoms with Crippen LogP contribution in [0.4, 0.5) is 4.79 Å². The van der Waals surface area contributed by atoms with Crippen LogP contribution in [0.2, 0.25) is 0 Å². The van der Waals surface area contributed by atoms with Crippen LogP contribution in [0.25, 0.3) is 0 Å². The van der Waals surface area contributed by atoms with Gasteiger partial charge in [-0.1, -0.05) is 0 Å². The SMILES string of the molecule is CCOCCCN(CC(=O)c1c(C)c(C(=O)OCC)n(C)c1C)C(=O)NC(C)(C)C. The van der Waals surface area contributed by atoms with Crippen LogP contribution in [0.15, 0.2) is 0 Å². The molecule has 0 atom stereocenters. The topological polar surface area (TPSA) is 89.9 Å². The molecule has 1 heterocycles. The Labute approximate surface area is 179 Å². The van der Waals surface area contributed by atoms with Crippen LogP contribution in [0.1, 0.15) is 73.1 Å². The van der Waals surface area contributed by atoms with E-state index in [9.17, 15) is 14.4 Å². The summed E-state index contributed by atoms with van der Waals surface area (Å²) in [5.74, 6) is -0.671. The predicted octanol–water partition coefficient (Wildman–Crippen LogP) is 3.24. The number of nitrogens with one attached hydrogen (secondary N) is 1. The Balaban J connectivity index is 3.11. The minimum absolute atomic E-state index is 0.0814. The van der Waals surface area contributed by atoms with Crippen LogP contribution >= 0.6 is 0 Å². The van der Waals surface area contributed by atoms with E-state index in [0.717, 1.165) is 0 Å². The molecule has 0 unspecified atom stereocenters. The van der Waals surface area contributed by atoms with E-state index < -0.39 is 11.5 Å². The van der Waals surface area contributed by atoms with Gasteiger partial charge >= 0.3 is 12.0 Å². The van der Waals surface area contributed by atoms with Crippen molar-refractivity contribution in [2.45, 2.75) is 60.4 Å². The van der Waals surface area contributed by atoms with Crippen molar-refractivity contribution in [1.29, 1.82) is 0 Å². The average Bonchev–Trinajstić information content (AvgIpc) is 2.85. The number of rotatable bonds is 10. The number of ether oxygens (including phenoxy) is 2. The number of ketones is 1. The van der Waals surface area contributed by atoms with Gasteiger partial charge in [-0.2, -0.15) is 0 Å². The first kappa shape index (κ1) is 25.7. The second-order valence-electron chi connectivity index (χ2n) is 8.29.